The predicted molar refractivity (Wildman–Crippen MR) is 54.8 cm³/mol. The Morgan fingerprint density at radius 3 is 2.93 bits per heavy atom. The van der Waals surface area contributed by atoms with Gasteiger partial charge in [-0.15, -0.1) is 0 Å². The predicted octanol–water partition coefficient (Wildman–Crippen LogP) is 0.267. The summed E-state index contributed by atoms with van der Waals surface area (Å²) in [4.78, 5) is 11.6. The van der Waals surface area contributed by atoms with Gasteiger partial charge >= 0.3 is 0 Å². The van der Waals surface area contributed by atoms with E-state index >= 15 is 0 Å². The Morgan fingerprint density at radius 2 is 2.36 bits per heavy atom. The van der Waals surface area contributed by atoms with Crippen molar-refractivity contribution in [2.75, 3.05) is 19.8 Å². The van der Waals surface area contributed by atoms with Crippen molar-refractivity contribution in [1.29, 1.82) is 0 Å². The van der Waals surface area contributed by atoms with Crippen LogP contribution < -0.4 is 11.1 Å². The number of amides is 1. The van der Waals surface area contributed by atoms with Crippen LogP contribution >= 0.6 is 0 Å². The summed E-state index contributed by atoms with van der Waals surface area (Å²) in [6.45, 7) is 3.81. The first-order valence-electron chi connectivity index (χ1n) is 5.36. The molecule has 4 heteroatoms. The number of ether oxygens (including phenoxy) is 1. The molecule has 1 saturated carbocycles. The number of nitrogens with one attached hydrogen (secondary N) is 1. The molecule has 0 bridgehead atoms. The van der Waals surface area contributed by atoms with Gasteiger partial charge in [-0.25, -0.2) is 0 Å². The molecule has 0 radical (unpaired) electrons. The standard InChI is InChI=1S/C10H20N2O2/c1-2-14-7-6-12-10(13)8-4-3-5-9(8)11/h8-9H,2-7,11H2,1H3,(H,12,13). The molecule has 1 fully saturated rings. The number of nitrogens with two attached hydrogens (primary N) is 1. The van der Waals surface area contributed by atoms with E-state index in [2.05, 4.69) is 5.32 Å². The molecule has 14 heavy (non-hydrogen) atoms. The first kappa shape index (κ1) is 11.5. The molecule has 82 valence electrons. The van der Waals surface area contributed by atoms with Crippen molar-refractivity contribution in [1.82, 2.24) is 5.32 Å². The molecule has 1 amide bonds. The van der Waals surface area contributed by atoms with Crippen LogP contribution in [0.5, 0.6) is 0 Å². The van der Waals surface area contributed by atoms with Gasteiger partial charge in [0.25, 0.3) is 0 Å². The maximum Gasteiger partial charge on any atom is 0.224 e. The van der Waals surface area contributed by atoms with Crippen LogP contribution in [0.4, 0.5) is 0 Å². The van der Waals surface area contributed by atoms with Crippen molar-refractivity contribution < 1.29 is 9.53 Å². The first-order chi connectivity index (χ1) is 6.75. The van der Waals surface area contributed by atoms with E-state index in [0.29, 0.717) is 19.8 Å². The molecule has 0 spiro atoms. The summed E-state index contributed by atoms with van der Waals surface area (Å²) in [5.74, 6) is 0.117. The second-order valence-electron chi connectivity index (χ2n) is 3.69. The summed E-state index contributed by atoms with van der Waals surface area (Å²) in [6.07, 6.45) is 2.98. The van der Waals surface area contributed by atoms with Gasteiger partial charge in [-0.3, -0.25) is 4.79 Å². The molecule has 1 aliphatic rings. The van der Waals surface area contributed by atoms with E-state index in [1.165, 1.54) is 0 Å². The minimum atomic E-state index is 0.0247. The number of hydrogen-bond acceptors (Lipinski definition) is 3. The number of carbonyl (C=O) groups is 1. The zero-order valence-corrected chi connectivity index (χ0v) is 8.79. The molecular formula is C10H20N2O2. The third-order valence-corrected chi connectivity index (χ3v) is 2.66. The van der Waals surface area contributed by atoms with Gasteiger partial charge in [0.15, 0.2) is 0 Å². The molecule has 1 aliphatic carbocycles. The highest BCUT2D eigenvalue weighted by molar-refractivity contribution is 5.79. The summed E-state index contributed by atoms with van der Waals surface area (Å²) in [6, 6.07) is 0.0575. The van der Waals surface area contributed by atoms with Crippen LogP contribution in [0.3, 0.4) is 0 Å². The lowest BCUT2D eigenvalue weighted by Gasteiger charge is -2.14. The Hall–Kier alpha value is -0.610. The molecular weight excluding hydrogens is 180 g/mol. The Kier molecular flexibility index (Phi) is 4.90. The molecule has 0 saturated heterocycles. The van der Waals surface area contributed by atoms with E-state index < -0.39 is 0 Å². The SMILES string of the molecule is CCOCCNC(=O)C1CCCC1N. The van der Waals surface area contributed by atoms with Gasteiger partial charge in [-0.2, -0.15) is 0 Å². The molecule has 3 N–H and O–H groups in total. The molecule has 0 aliphatic heterocycles. The number of carbonyl (C=O) groups excluding carboxylic acids is 1. The maximum absolute atomic E-state index is 11.6. The smallest absolute Gasteiger partial charge is 0.224 e. The monoisotopic (exact) mass is 200 g/mol. The van der Waals surface area contributed by atoms with Crippen LogP contribution in [0.1, 0.15) is 26.2 Å². The van der Waals surface area contributed by atoms with Crippen LogP contribution in [0, 0.1) is 5.92 Å². The van der Waals surface area contributed by atoms with Gasteiger partial charge in [0.2, 0.25) is 5.91 Å². The maximum atomic E-state index is 11.6. The van der Waals surface area contributed by atoms with E-state index in [4.69, 9.17) is 10.5 Å². The average molecular weight is 200 g/mol. The molecule has 0 aromatic carbocycles. The summed E-state index contributed by atoms with van der Waals surface area (Å²) in [5, 5.41) is 2.85. The van der Waals surface area contributed by atoms with Gasteiger partial charge in [0.1, 0.15) is 0 Å². The minimum Gasteiger partial charge on any atom is -0.380 e. The largest absolute Gasteiger partial charge is 0.380 e. The Bertz CT molecular complexity index is 185. The Morgan fingerprint density at radius 1 is 1.57 bits per heavy atom. The molecule has 2 unspecified atom stereocenters. The van der Waals surface area contributed by atoms with Crippen LogP contribution in [0.2, 0.25) is 0 Å². The minimum absolute atomic E-state index is 0.0247. The normalized spacial score (nSPS) is 26.4. The van der Waals surface area contributed by atoms with Crippen molar-refractivity contribution in [2.45, 2.75) is 32.2 Å². The van der Waals surface area contributed by atoms with E-state index in [-0.39, 0.29) is 17.9 Å². The Labute approximate surface area is 85.2 Å². The van der Waals surface area contributed by atoms with Crippen LogP contribution in [-0.2, 0) is 9.53 Å². The van der Waals surface area contributed by atoms with E-state index in [1.54, 1.807) is 0 Å². The third-order valence-electron chi connectivity index (χ3n) is 2.66. The number of rotatable bonds is 5. The summed E-state index contributed by atoms with van der Waals surface area (Å²) in [7, 11) is 0. The zero-order valence-electron chi connectivity index (χ0n) is 8.79. The van der Waals surface area contributed by atoms with Gasteiger partial charge in [-0.1, -0.05) is 6.42 Å². The highest BCUT2D eigenvalue weighted by atomic mass is 16.5. The second-order valence-corrected chi connectivity index (χ2v) is 3.69. The van der Waals surface area contributed by atoms with Gasteiger partial charge < -0.3 is 15.8 Å². The van der Waals surface area contributed by atoms with Crippen molar-refractivity contribution in [3.8, 4) is 0 Å². The number of hydrogen-bond donors (Lipinski definition) is 2. The van der Waals surface area contributed by atoms with E-state index in [9.17, 15) is 4.79 Å². The lowest BCUT2D eigenvalue weighted by molar-refractivity contribution is -0.125. The zero-order chi connectivity index (χ0) is 10.4. The molecule has 0 aromatic heterocycles. The summed E-state index contributed by atoms with van der Waals surface area (Å²) < 4.78 is 5.13. The molecule has 4 nitrogen and oxygen atoms in total. The Balaban J connectivity index is 2.14. The highest BCUT2D eigenvalue weighted by Crippen LogP contribution is 2.23. The van der Waals surface area contributed by atoms with Crippen LogP contribution in [-0.4, -0.2) is 31.7 Å². The average Bonchev–Trinajstić information content (AvgIpc) is 2.59. The summed E-state index contributed by atoms with van der Waals surface area (Å²) in [5.41, 5.74) is 5.82. The van der Waals surface area contributed by atoms with Crippen molar-refractivity contribution in [3.63, 3.8) is 0 Å². The van der Waals surface area contributed by atoms with Crippen molar-refractivity contribution in [2.24, 2.45) is 11.7 Å². The highest BCUT2D eigenvalue weighted by Gasteiger charge is 2.29. The van der Waals surface area contributed by atoms with Gasteiger partial charge in [0.05, 0.1) is 12.5 Å². The molecule has 1 rings (SSSR count). The quantitative estimate of drug-likeness (QED) is 0.626. The first-order valence-corrected chi connectivity index (χ1v) is 5.36. The van der Waals surface area contributed by atoms with E-state index in [0.717, 1.165) is 19.3 Å². The lowest BCUT2D eigenvalue weighted by Crippen LogP contribution is -2.39. The van der Waals surface area contributed by atoms with Crippen LogP contribution in [0.15, 0.2) is 0 Å². The fraction of sp³-hybridized carbons (Fsp3) is 0.900. The lowest BCUT2D eigenvalue weighted by atomic mass is 10.0. The molecule has 0 aromatic rings. The van der Waals surface area contributed by atoms with Crippen LogP contribution in [0.25, 0.3) is 0 Å². The molecule has 2 atom stereocenters. The fourth-order valence-corrected chi connectivity index (χ4v) is 1.84. The van der Waals surface area contributed by atoms with Gasteiger partial charge in [0, 0.05) is 19.2 Å². The third kappa shape index (κ3) is 3.27. The molecule has 0 heterocycles. The summed E-state index contributed by atoms with van der Waals surface area (Å²) >= 11 is 0. The topological polar surface area (TPSA) is 64.3 Å². The fourth-order valence-electron chi connectivity index (χ4n) is 1.84. The van der Waals surface area contributed by atoms with Crippen molar-refractivity contribution in [3.05, 3.63) is 0 Å². The second kappa shape index (κ2) is 5.98. The van der Waals surface area contributed by atoms with Crippen molar-refractivity contribution >= 4 is 5.91 Å². The van der Waals surface area contributed by atoms with Gasteiger partial charge in [-0.05, 0) is 19.8 Å². The van der Waals surface area contributed by atoms with E-state index in [1.807, 2.05) is 6.92 Å².